The van der Waals surface area contributed by atoms with Crippen molar-refractivity contribution in [2.75, 3.05) is 19.6 Å². The maximum absolute atomic E-state index is 13.9. The highest BCUT2D eigenvalue weighted by molar-refractivity contribution is 6.00. The fraction of sp³-hybridized carbons (Fsp3) is 0.878. The normalized spacial score (nSPS) is 38.3. The van der Waals surface area contributed by atoms with Crippen LogP contribution < -0.4 is 5.73 Å². The quantitative estimate of drug-likeness (QED) is 0.179. The Bertz CT molecular complexity index is 1250. The van der Waals surface area contributed by atoms with Crippen LogP contribution in [-0.2, 0) is 19.1 Å². The summed E-state index contributed by atoms with van der Waals surface area (Å²) in [4.78, 5) is 40.9. The van der Waals surface area contributed by atoms with Gasteiger partial charge in [-0.3, -0.25) is 14.5 Å². The van der Waals surface area contributed by atoms with Gasteiger partial charge in [-0.2, -0.15) is 0 Å². The van der Waals surface area contributed by atoms with Gasteiger partial charge in [0.05, 0.1) is 6.42 Å². The number of fused-ring (bicyclic) bond motifs is 7. The van der Waals surface area contributed by atoms with E-state index in [1.165, 1.54) is 31.3 Å². The number of nitrogens with zero attached hydrogens (tertiary/aromatic N) is 1. The van der Waals surface area contributed by atoms with E-state index in [1.54, 1.807) is 5.57 Å². The average Bonchev–Trinajstić information content (AvgIpc) is 3.28. The van der Waals surface area contributed by atoms with Crippen LogP contribution in [0, 0.1) is 56.7 Å². The minimum atomic E-state index is -0.694. The average molecular weight is 653 g/mol. The molecular formula is C41H68N2O4. The highest BCUT2D eigenvalue weighted by Crippen LogP contribution is 2.73. The zero-order valence-corrected chi connectivity index (χ0v) is 31.7. The topological polar surface area (TPSA) is 89.7 Å². The molecule has 8 unspecified atom stereocenters. The molecule has 0 aromatic heterocycles. The summed E-state index contributed by atoms with van der Waals surface area (Å²) in [6.07, 6.45) is 11.8. The van der Waals surface area contributed by atoms with Crippen LogP contribution in [-0.4, -0.2) is 54.7 Å². The Morgan fingerprint density at radius 3 is 2.26 bits per heavy atom. The van der Waals surface area contributed by atoms with Gasteiger partial charge in [-0.05, 0) is 124 Å². The number of esters is 1. The van der Waals surface area contributed by atoms with Crippen LogP contribution in [0.5, 0.6) is 0 Å². The van der Waals surface area contributed by atoms with Gasteiger partial charge in [0.2, 0.25) is 0 Å². The molecule has 0 aromatic carbocycles. The first kappa shape index (κ1) is 36.7. The first-order valence-electron chi connectivity index (χ1n) is 19.2. The van der Waals surface area contributed by atoms with E-state index in [2.05, 4.69) is 60.3 Å². The van der Waals surface area contributed by atoms with Crippen LogP contribution in [0.25, 0.3) is 0 Å². The Hall–Kier alpha value is -1.53. The fourth-order valence-corrected chi connectivity index (χ4v) is 12.7. The van der Waals surface area contributed by atoms with Gasteiger partial charge in [-0.15, -0.1) is 0 Å². The zero-order chi connectivity index (χ0) is 34.7. The Labute approximate surface area is 286 Å². The smallest absolute Gasteiger partial charge is 0.307 e. The summed E-state index contributed by atoms with van der Waals surface area (Å²) in [5, 5.41) is 0. The molecule has 5 aliphatic rings. The third-order valence-electron chi connectivity index (χ3n) is 14.9. The lowest BCUT2D eigenvalue weighted by atomic mass is 9.36. The molecule has 0 aliphatic heterocycles. The van der Waals surface area contributed by atoms with Gasteiger partial charge in [-0.1, -0.05) is 61.0 Å². The molecule has 0 aromatic rings. The number of ketones is 1. The molecule has 0 amide bonds. The summed E-state index contributed by atoms with van der Waals surface area (Å²) < 4.78 is 6.21. The number of allylic oxidation sites excluding steroid dienone is 2. The van der Waals surface area contributed by atoms with E-state index in [4.69, 9.17) is 10.5 Å². The van der Waals surface area contributed by atoms with Gasteiger partial charge in [0.25, 0.3) is 0 Å². The Balaban J connectivity index is 1.41. The fourth-order valence-electron chi connectivity index (χ4n) is 12.7. The van der Waals surface area contributed by atoms with E-state index in [0.29, 0.717) is 48.5 Å². The second kappa shape index (κ2) is 13.0. The minimum Gasteiger partial charge on any atom is -0.462 e. The first-order chi connectivity index (χ1) is 21.9. The van der Waals surface area contributed by atoms with Crippen molar-refractivity contribution < 1.29 is 19.1 Å². The van der Waals surface area contributed by atoms with E-state index in [9.17, 15) is 14.4 Å². The predicted molar refractivity (Wildman–Crippen MR) is 190 cm³/mol. The molecule has 8 atom stereocenters. The van der Waals surface area contributed by atoms with Crippen molar-refractivity contribution in [2.24, 2.45) is 62.4 Å². The molecule has 0 saturated heterocycles. The number of nitrogens with two attached hydrogens (primary N) is 1. The number of aldehydes is 1. The summed E-state index contributed by atoms with van der Waals surface area (Å²) in [6.45, 7) is 25.2. The largest absolute Gasteiger partial charge is 0.462 e. The lowest BCUT2D eigenvalue weighted by molar-refractivity contribution is -0.213. The summed E-state index contributed by atoms with van der Waals surface area (Å²) in [7, 11) is 0. The van der Waals surface area contributed by atoms with Gasteiger partial charge in [0, 0.05) is 41.8 Å². The maximum atomic E-state index is 13.9. The van der Waals surface area contributed by atoms with E-state index < -0.39 is 5.41 Å². The number of Topliss-reactive ketones (excluding diaryl/α,β-unsaturated/α-hetero) is 1. The van der Waals surface area contributed by atoms with Crippen LogP contribution in [0.2, 0.25) is 0 Å². The number of hydrogen-bond donors (Lipinski definition) is 1. The van der Waals surface area contributed by atoms with Crippen molar-refractivity contribution in [3.05, 3.63) is 11.1 Å². The van der Waals surface area contributed by atoms with Crippen molar-refractivity contribution in [1.29, 1.82) is 0 Å². The second-order valence-electron chi connectivity index (χ2n) is 19.1. The number of rotatable bonds is 11. The van der Waals surface area contributed by atoms with Gasteiger partial charge in [0.1, 0.15) is 12.4 Å². The molecule has 4 fully saturated rings. The van der Waals surface area contributed by atoms with Gasteiger partial charge in [0.15, 0.2) is 5.78 Å². The Morgan fingerprint density at radius 2 is 1.64 bits per heavy atom. The molecule has 0 spiro atoms. The van der Waals surface area contributed by atoms with Gasteiger partial charge >= 0.3 is 5.97 Å². The number of carbonyl (C=O) groups is 3. The van der Waals surface area contributed by atoms with Crippen LogP contribution in [0.4, 0.5) is 0 Å². The minimum absolute atomic E-state index is 0.0201. The third kappa shape index (κ3) is 6.23. The summed E-state index contributed by atoms with van der Waals surface area (Å²) in [5.74, 6) is 2.72. The Morgan fingerprint density at radius 1 is 0.957 bits per heavy atom. The number of carbonyl (C=O) groups excluding carboxylic acids is 3. The predicted octanol–water partition coefficient (Wildman–Crippen LogP) is 8.16. The second-order valence-corrected chi connectivity index (χ2v) is 19.1. The van der Waals surface area contributed by atoms with E-state index in [1.807, 2.05) is 13.8 Å². The molecule has 4 saturated carbocycles. The SMILES string of the molecule is CC(C)C1=C2C3CCC4C(C)(CCC5C(C)(C)C(OC(=O)CC(C)(C)C=O)CCC54C)C3CCC2(CCN(CCN)C(C)C)CC1=O. The molecule has 0 radical (unpaired) electrons. The molecule has 5 rings (SSSR count). The van der Waals surface area contributed by atoms with Gasteiger partial charge < -0.3 is 15.3 Å². The van der Waals surface area contributed by atoms with Crippen LogP contribution in [0.15, 0.2) is 11.1 Å². The standard InChI is InChI=1S/C41H68N2O4/c1-26(2)35-30(45)23-41(19-21-43(22-20-42)27(3)4)18-13-29-28(36(35)41)11-12-32-39(29,9)16-14-31-38(7,8)33(15-17-40(31,32)10)47-34(46)24-37(5,6)25-44/h25-29,31-33H,11-24,42H2,1-10H3. The van der Waals surface area contributed by atoms with Gasteiger partial charge in [-0.25, -0.2) is 0 Å². The summed E-state index contributed by atoms with van der Waals surface area (Å²) in [6, 6.07) is 0.455. The Kier molecular flexibility index (Phi) is 10.1. The van der Waals surface area contributed by atoms with E-state index in [0.717, 1.165) is 51.5 Å². The number of ether oxygens (including phenoxy) is 1. The zero-order valence-electron chi connectivity index (χ0n) is 31.7. The lowest BCUT2D eigenvalue weighted by Gasteiger charge is -2.69. The highest BCUT2D eigenvalue weighted by Gasteiger charge is 2.66. The maximum Gasteiger partial charge on any atom is 0.307 e. The molecular weight excluding hydrogens is 584 g/mol. The molecule has 5 aliphatic carbocycles. The summed E-state index contributed by atoms with van der Waals surface area (Å²) in [5.41, 5.74) is 8.45. The van der Waals surface area contributed by atoms with Crippen molar-refractivity contribution in [2.45, 2.75) is 152 Å². The van der Waals surface area contributed by atoms with Crippen molar-refractivity contribution in [3.8, 4) is 0 Å². The van der Waals surface area contributed by atoms with E-state index in [-0.39, 0.29) is 46.1 Å². The van der Waals surface area contributed by atoms with Crippen LogP contribution >= 0.6 is 0 Å². The molecule has 6 nitrogen and oxygen atoms in total. The summed E-state index contributed by atoms with van der Waals surface area (Å²) >= 11 is 0. The lowest BCUT2D eigenvalue weighted by Crippen LogP contribution is -2.63. The highest BCUT2D eigenvalue weighted by atomic mass is 16.5. The van der Waals surface area contributed by atoms with Crippen molar-refractivity contribution >= 4 is 18.0 Å². The number of hydrogen-bond acceptors (Lipinski definition) is 6. The van der Waals surface area contributed by atoms with Crippen molar-refractivity contribution in [1.82, 2.24) is 4.90 Å². The molecule has 47 heavy (non-hydrogen) atoms. The first-order valence-corrected chi connectivity index (χ1v) is 19.2. The van der Waals surface area contributed by atoms with Crippen LogP contribution in [0.1, 0.15) is 140 Å². The molecule has 266 valence electrons. The molecule has 0 heterocycles. The molecule has 0 bridgehead atoms. The molecule has 6 heteroatoms. The molecule has 2 N–H and O–H groups in total. The van der Waals surface area contributed by atoms with Crippen LogP contribution in [0.3, 0.4) is 0 Å². The monoisotopic (exact) mass is 653 g/mol. The van der Waals surface area contributed by atoms with E-state index >= 15 is 0 Å². The third-order valence-corrected chi connectivity index (χ3v) is 14.9. The van der Waals surface area contributed by atoms with Crippen molar-refractivity contribution in [3.63, 3.8) is 0 Å².